The first-order valence-corrected chi connectivity index (χ1v) is 5.81. The van der Waals surface area contributed by atoms with Gasteiger partial charge in [-0.3, -0.25) is 4.98 Å². The number of nitrogens with one attached hydrogen (secondary N) is 2. The fraction of sp³-hybridized carbons (Fsp3) is 0.273. The van der Waals surface area contributed by atoms with E-state index in [2.05, 4.69) is 36.2 Å². The quantitative estimate of drug-likeness (QED) is 0.909. The Morgan fingerprint density at radius 3 is 2.75 bits per heavy atom. The summed E-state index contributed by atoms with van der Waals surface area (Å²) in [6, 6.07) is 2.01. The lowest BCUT2D eigenvalue weighted by molar-refractivity contribution is 0.988. The summed E-state index contributed by atoms with van der Waals surface area (Å²) in [4.78, 5) is 11.6. The Labute approximate surface area is 103 Å². The van der Waals surface area contributed by atoms with E-state index in [-0.39, 0.29) is 0 Å². The SMILES string of the molecule is Cc1cnc(CNc2cnc(C)c(Br)c2)[nH]1. The molecular weight excluding hydrogens is 268 g/mol. The van der Waals surface area contributed by atoms with E-state index < -0.39 is 0 Å². The number of hydrogen-bond donors (Lipinski definition) is 2. The summed E-state index contributed by atoms with van der Waals surface area (Å²) >= 11 is 3.45. The van der Waals surface area contributed by atoms with Gasteiger partial charge < -0.3 is 10.3 Å². The van der Waals surface area contributed by atoms with E-state index in [0.717, 1.165) is 27.4 Å². The second-order valence-electron chi connectivity index (χ2n) is 3.66. The van der Waals surface area contributed by atoms with Crippen molar-refractivity contribution in [3.63, 3.8) is 0 Å². The molecule has 2 aromatic heterocycles. The molecular formula is C11H13BrN4. The van der Waals surface area contributed by atoms with Gasteiger partial charge in [0.15, 0.2) is 0 Å². The number of aromatic amines is 1. The zero-order valence-corrected chi connectivity index (χ0v) is 10.8. The molecule has 0 aliphatic rings. The maximum Gasteiger partial charge on any atom is 0.125 e. The van der Waals surface area contributed by atoms with Gasteiger partial charge in [0.1, 0.15) is 5.82 Å². The molecule has 0 aliphatic heterocycles. The van der Waals surface area contributed by atoms with Crippen LogP contribution in [0, 0.1) is 13.8 Å². The molecule has 2 rings (SSSR count). The van der Waals surface area contributed by atoms with E-state index in [1.165, 1.54) is 0 Å². The summed E-state index contributed by atoms with van der Waals surface area (Å²) in [5, 5.41) is 3.26. The number of aryl methyl sites for hydroxylation is 2. The minimum Gasteiger partial charge on any atom is -0.377 e. The molecule has 2 heterocycles. The lowest BCUT2D eigenvalue weighted by Crippen LogP contribution is -2.02. The molecule has 0 unspecified atom stereocenters. The van der Waals surface area contributed by atoms with Crippen LogP contribution in [-0.4, -0.2) is 15.0 Å². The summed E-state index contributed by atoms with van der Waals surface area (Å²) in [5.74, 6) is 0.925. The van der Waals surface area contributed by atoms with Crippen molar-refractivity contribution >= 4 is 21.6 Å². The fourth-order valence-electron chi connectivity index (χ4n) is 1.35. The minimum absolute atomic E-state index is 0.672. The van der Waals surface area contributed by atoms with Crippen molar-refractivity contribution < 1.29 is 0 Å². The number of aromatic nitrogens is 3. The van der Waals surface area contributed by atoms with E-state index in [9.17, 15) is 0 Å². The zero-order chi connectivity index (χ0) is 11.5. The van der Waals surface area contributed by atoms with E-state index in [1.807, 2.05) is 32.3 Å². The number of anilines is 1. The summed E-state index contributed by atoms with van der Waals surface area (Å²) in [6.07, 6.45) is 3.64. The van der Waals surface area contributed by atoms with Gasteiger partial charge in [-0.05, 0) is 35.8 Å². The zero-order valence-electron chi connectivity index (χ0n) is 9.21. The molecule has 0 saturated heterocycles. The van der Waals surface area contributed by atoms with Crippen molar-refractivity contribution in [1.82, 2.24) is 15.0 Å². The maximum atomic E-state index is 4.26. The molecule has 2 aromatic rings. The first kappa shape index (κ1) is 11.1. The Bertz CT molecular complexity index is 492. The van der Waals surface area contributed by atoms with Gasteiger partial charge in [-0.25, -0.2) is 4.98 Å². The van der Waals surface area contributed by atoms with Crippen LogP contribution in [0.1, 0.15) is 17.2 Å². The van der Waals surface area contributed by atoms with Crippen molar-refractivity contribution in [3.05, 3.63) is 40.1 Å². The normalized spacial score (nSPS) is 10.4. The van der Waals surface area contributed by atoms with Crippen molar-refractivity contribution in [1.29, 1.82) is 0 Å². The van der Waals surface area contributed by atoms with E-state index in [0.29, 0.717) is 6.54 Å². The standard InChI is InChI=1S/C11H13BrN4/c1-7-4-15-11(16-7)6-14-9-3-10(12)8(2)13-5-9/h3-5,14H,6H2,1-2H3,(H,15,16). The van der Waals surface area contributed by atoms with Gasteiger partial charge in [0.05, 0.1) is 24.1 Å². The number of rotatable bonds is 3. The van der Waals surface area contributed by atoms with Crippen LogP contribution in [0.25, 0.3) is 0 Å². The van der Waals surface area contributed by atoms with Gasteiger partial charge in [-0.2, -0.15) is 0 Å². The fourth-order valence-corrected chi connectivity index (χ4v) is 1.69. The highest BCUT2D eigenvalue weighted by atomic mass is 79.9. The first-order valence-electron chi connectivity index (χ1n) is 5.01. The smallest absolute Gasteiger partial charge is 0.125 e. The molecule has 2 N–H and O–H groups in total. The Balaban J connectivity index is 2.02. The summed E-state index contributed by atoms with van der Waals surface area (Å²) in [6.45, 7) is 4.62. The van der Waals surface area contributed by atoms with Gasteiger partial charge in [-0.15, -0.1) is 0 Å². The van der Waals surface area contributed by atoms with Crippen molar-refractivity contribution in [2.75, 3.05) is 5.32 Å². The topological polar surface area (TPSA) is 53.6 Å². The predicted molar refractivity (Wildman–Crippen MR) is 67.3 cm³/mol. The molecule has 5 heteroatoms. The molecule has 0 amide bonds. The van der Waals surface area contributed by atoms with Crippen LogP contribution in [0.15, 0.2) is 22.9 Å². The molecule has 0 fully saturated rings. The second kappa shape index (κ2) is 4.65. The van der Waals surface area contributed by atoms with Crippen molar-refractivity contribution in [2.45, 2.75) is 20.4 Å². The largest absolute Gasteiger partial charge is 0.377 e. The third-order valence-electron chi connectivity index (χ3n) is 2.24. The third kappa shape index (κ3) is 2.61. The molecule has 0 saturated carbocycles. The highest BCUT2D eigenvalue weighted by molar-refractivity contribution is 9.10. The second-order valence-corrected chi connectivity index (χ2v) is 4.51. The van der Waals surface area contributed by atoms with Crippen LogP contribution < -0.4 is 5.32 Å². The monoisotopic (exact) mass is 280 g/mol. The van der Waals surface area contributed by atoms with E-state index in [1.54, 1.807) is 0 Å². The Morgan fingerprint density at radius 2 is 2.12 bits per heavy atom. The summed E-state index contributed by atoms with van der Waals surface area (Å²) in [7, 11) is 0. The van der Waals surface area contributed by atoms with Crippen LogP contribution in [0.4, 0.5) is 5.69 Å². The molecule has 4 nitrogen and oxygen atoms in total. The van der Waals surface area contributed by atoms with Crippen molar-refractivity contribution in [2.24, 2.45) is 0 Å². The van der Waals surface area contributed by atoms with Gasteiger partial charge >= 0.3 is 0 Å². The highest BCUT2D eigenvalue weighted by Gasteiger charge is 2.00. The third-order valence-corrected chi connectivity index (χ3v) is 3.04. The van der Waals surface area contributed by atoms with Crippen molar-refractivity contribution in [3.8, 4) is 0 Å². The molecule has 0 spiro atoms. The van der Waals surface area contributed by atoms with E-state index in [4.69, 9.17) is 0 Å². The van der Waals surface area contributed by atoms with Crippen LogP contribution in [-0.2, 0) is 6.54 Å². The molecule has 0 radical (unpaired) electrons. The molecule has 0 atom stereocenters. The predicted octanol–water partition coefficient (Wildman–Crippen LogP) is 2.80. The average molecular weight is 281 g/mol. The van der Waals surface area contributed by atoms with Crippen LogP contribution in [0.5, 0.6) is 0 Å². The molecule has 0 bridgehead atoms. The number of imidazole rings is 1. The van der Waals surface area contributed by atoms with Crippen LogP contribution >= 0.6 is 15.9 Å². The molecule has 16 heavy (non-hydrogen) atoms. The van der Waals surface area contributed by atoms with Gasteiger partial charge in [0.25, 0.3) is 0 Å². The van der Waals surface area contributed by atoms with Gasteiger partial charge in [0.2, 0.25) is 0 Å². The first-order chi connectivity index (χ1) is 7.65. The molecule has 0 aliphatic carbocycles. The highest BCUT2D eigenvalue weighted by Crippen LogP contribution is 2.18. The number of halogens is 1. The Kier molecular flexibility index (Phi) is 3.24. The van der Waals surface area contributed by atoms with Gasteiger partial charge in [-0.1, -0.05) is 0 Å². The van der Waals surface area contributed by atoms with E-state index >= 15 is 0 Å². The van der Waals surface area contributed by atoms with Gasteiger partial charge in [0, 0.05) is 16.4 Å². The summed E-state index contributed by atoms with van der Waals surface area (Å²) < 4.78 is 1.01. The maximum absolute atomic E-state index is 4.26. The van der Waals surface area contributed by atoms with Crippen LogP contribution in [0.3, 0.4) is 0 Å². The number of nitrogens with zero attached hydrogens (tertiary/aromatic N) is 2. The average Bonchev–Trinajstić information content (AvgIpc) is 2.66. The Morgan fingerprint density at radius 1 is 1.31 bits per heavy atom. The molecule has 0 aromatic carbocycles. The lowest BCUT2D eigenvalue weighted by Gasteiger charge is -2.05. The number of H-pyrrole nitrogens is 1. The van der Waals surface area contributed by atoms with Crippen LogP contribution in [0.2, 0.25) is 0 Å². The number of hydrogen-bond acceptors (Lipinski definition) is 3. The minimum atomic E-state index is 0.672. The Hall–Kier alpha value is -1.36. The lowest BCUT2D eigenvalue weighted by atomic mass is 10.3. The summed E-state index contributed by atoms with van der Waals surface area (Å²) in [5.41, 5.74) is 3.03. The number of pyridine rings is 1. The molecule has 84 valence electrons.